The molecule has 1 amide bonds. The van der Waals surface area contributed by atoms with Crippen LogP contribution in [-0.4, -0.2) is 35.9 Å². The predicted molar refractivity (Wildman–Crippen MR) is 99.6 cm³/mol. The van der Waals surface area contributed by atoms with E-state index >= 15 is 0 Å². The lowest BCUT2D eigenvalue weighted by atomic mass is 9.82. The number of carboxylic acid groups (broad SMARTS) is 1. The van der Waals surface area contributed by atoms with Crippen LogP contribution < -0.4 is 10.2 Å². The van der Waals surface area contributed by atoms with Gasteiger partial charge < -0.3 is 15.3 Å². The second-order valence-corrected chi connectivity index (χ2v) is 7.25. The third-order valence-corrected chi connectivity index (χ3v) is 5.33. The van der Waals surface area contributed by atoms with Gasteiger partial charge in [0.25, 0.3) is 0 Å². The normalized spacial score (nSPS) is 18.6. The number of aliphatic carboxylic acids is 1. The summed E-state index contributed by atoms with van der Waals surface area (Å²) >= 11 is 0. The molecule has 2 aliphatic rings. The van der Waals surface area contributed by atoms with Gasteiger partial charge in [-0.05, 0) is 42.5 Å². The first-order valence-corrected chi connectivity index (χ1v) is 9.45. The third kappa shape index (κ3) is 4.62. The summed E-state index contributed by atoms with van der Waals surface area (Å²) in [7, 11) is 0. The van der Waals surface area contributed by atoms with Crippen LogP contribution >= 0.6 is 0 Å². The van der Waals surface area contributed by atoms with Crippen molar-refractivity contribution in [3.8, 4) is 0 Å². The van der Waals surface area contributed by atoms with Crippen molar-refractivity contribution >= 4 is 29.0 Å². The van der Waals surface area contributed by atoms with Gasteiger partial charge in [0.2, 0.25) is 5.91 Å². The summed E-state index contributed by atoms with van der Waals surface area (Å²) in [6.45, 7) is 1.48. The zero-order valence-corrected chi connectivity index (χ0v) is 15.0. The summed E-state index contributed by atoms with van der Waals surface area (Å²) < 4.78 is 0. The van der Waals surface area contributed by atoms with Crippen molar-refractivity contribution in [1.29, 1.82) is 0 Å². The van der Waals surface area contributed by atoms with Crippen molar-refractivity contribution in [2.45, 2.75) is 57.3 Å². The number of benzene rings is 1. The van der Waals surface area contributed by atoms with Gasteiger partial charge in [0.1, 0.15) is 12.2 Å². The Bertz CT molecular complexity index is 685. The molecule has 1 heterocycles. The van der Waals surface area contributed by atoms with E-state index in [4.69, 9.17) is 5.11 Å². The van der Waals surface area contributed by atoms with Crippen LogP contribution in [0.3, 0.4) is 0 Å². The Morgan fingerprint density at radius 2 is 1.81 bits per heavy atom. The molecule has 0 aromatic heterocycles. The Labute approximate surface area is 153 Å². The highest BCUT2D eigenvalue weighted by molar-refractivity contribution is 6.01. The molecule has 0 unspecified atom stereocenters. The van der Waals surface area contributed by atoms with Crippen LogP contribution in [0.15, 0.2) is 18.2 Å². The second kappa shape index (κ2) is 8.34. The molecular weight excluding hydrogens is 332 g/mol. The smallest absolute Gasteiger partial charge is 0.312 e. The zero-order chi connectivity index (χ0) is 18.5. The highest BCUT2D eigenvalue weighted by Gasteiger charge is 2.24. The lowest BCUT2D eigenvalue weighted by Crippen LogP contribution is -2.34. The van der Waals surface area contributed by atoms with Crippen LogP contribution in [-0.2, 0) is 14.4 Å². The van der Waals surface area contributed by atoms with Gasteiger partial charge in [0, 0.05) is 37.3 Å². The van der Waals surface area contributed by atoms with E-state index in [-0.39, 0.29) is 0 Å². The number of carbonyl (C=O) groups excluding carboxylic acids is 2. The molecule has 6 nitrogen and oxygen atoms in total. The maximum atomic E-state index is 11.8. The van der Waals surface area contributed by atoms with Crippen LogP contribution in [0.2, 0.25) is 0 Å². The van der Waals surface area contributed by atoms with E-state index in [2.05, 4.69) is 10.2 Å². The molecule has 6 heteroatoms. The summed E-state index contributed by atoms with van der Waals surface area (Å²) in [4.78, 5) is 36.3. The SMILES string of the molecule is O=C(O)CC(=O)Nc1ccc(N2CCC(=O)CC2)c(C2CCCCC2)c1. The molecule has 140 valence electrons. The monoisotopic (exact) mass is 358 g/mol. The predicted octanol–water partition coefficient (Wildman–Crippen LogP) is 3.32. The number of hydrogen-bond donors (Lipinski definition) is 2. The molecule has 1 aliphatic heterocycles. The third-order valence-electron chi connectivity index (χ3n) is 5.33. The molecular formula is C20H26N2O4. The number of nitrogens with zero attached hydrogens (tertiary/aromatic N) is 1. The number of hydrogen-bond acceptors (Lipinski definition) is 4. The Hall–Kier alpha value is -2.37. The minimum atomic E-state index is -1.13. The fourth-order valence-electron chi connectivity index (χ4n) is 4.00. The van der Waals surface area contributed by atoms with Gasteiger partial charge in [-0.25, -0.2) is 0 Å². The highest BCUT2D eigenvalue weighted by atomic mass is 16.4. The number of carboxylic acids is 1. The van der Waals surface area contributed by atoms with E-state index in [1.54, 1.807) is 0 Å². The molecule has 0 spiro atoms. The number of piperidine rings is 1. The van der Waals surface area contributed by atoms with Crippen LogP contribution in [0.5, 0.6) is 0 Å². The number of rotatable bonds is 5. The summed E-state index contributed by atoms with van der Waals surface area (Å²) in [5.41, 5.74) is 3.02. The molecule has 0 radical (unpaired) electrons. The minimum Gasteiger partial charge on any atom is -0.481 e. The lowest BCUT2D eigenvalue weighted by Gasteiger charge is -2.33. The van der Waals surface area contributed by atoms with E-state index in [1.807, 2.05) is 18.2 Å². The van der Waals surface area contributed by atoms with Gasteiger partial charge in [-0.2, -0.15) is 0 Å². The van der Waals surface area contributed by atoms with Crippen molar-refractivity contribution in [3.63, 3.8) is 0 Å². The number of Topliss-reactive ketones (excluding diaryl/α,β-unsaturated/α-hetero) is 1. The molecule has 2 N–H and O–H groups in total. The molecule has 0 bridgehead atoms. The minimum absolute atomic E-state index is 0.318. The topological polar surface area (TPSA) is 86.7 Å². The number of ketones is 1. The van der Waals surface area contributed by atoms with E-state index in [0.29, 0.717) is 30.2 Å². The first kappa shape index (κ1) is 18.4. The lowest BCUT2D eigenvalue weighted by molar-refractivity contribution is -0.139. The average Bonchev–Trinajstić information content (AvgIpc) is 2.62. The first-order valence-electron chi connectivity index (χ1n) is 9.45. The van der Waals surface area contributed by atoms with Crippen LogP contribution in [0.25, 0.3) is 0 Å². The van der Waals surface area contributed by atoms with Gasteiger partial charge >= 0.3 is 5.97 Å². The quantitative estimate of drug-likeness (QED) is 0.789. The standard InChI is InChI=1S/C20H26N2O4/c23-16-8-10-22(11-9-16)18-7-6-15(21-19(24)13-20(25)26)12-17(18)14-4-2-1-3-5-14/h6-7,12,14H,1-5,8-11,13H2,(H,21,24)(H,25,26). The molecule has 26 heavy (non-hydrogen) atoms. The zero-order valence-electron chi connectivity index (χ0n) is 15.0. The molecule has 1 aromatic rings. The van der Waals surface area contributed by atoms with Gasteiger partial charge in [0.05, 0.1) is 0 Å². The van der Waals surface area contributed by atoms with Gasteiger partial charge in [-0.3, -0.25) is 14.4 Å². The van der Waals surface area contributed by atoms with Gasteiger partial charge in [-0.15, -0.1) is 0 Å². The van der Waals surface area contributed by atoms with E-state index in [1.165, 1.54) is 24.8 Å². The van der Waals surface area contributed by atoms with E-state index < -0.39 is 18.3 Å². The fraction of sp³-hybridized carbons (Fsp3) is 0.550. The molecule has 3 rings (SSSR count). The fourth-order valence-corrected chi connectivity index (χ4v) is 4.00. The average molecular weight is 358 g/mol. The molecule has 1 saturated heterocycles. The Kier molecular flexibility index (Phi) is 5.91. The largest absolute Gasteiger partial charge is 0.481 e. The number of nitrogens with one attached hydrogen (secondary N) is 1. The maximum absolute atomic E-state index is 11.8. The Balaban J connectivity index is 1.84. The van der Waals surface area contributed by atoms with Crippen LogP contribution in [0.1, 0.15) is 62.8 Å². The summed E-state index contributed by atoms with van der Waals surface area (Å²) in [6, 6.07) is 5.84. The first-order chi connectivity index (χ1) is 12.5. The summed E-state index contributed by atoms with van der Waals surface area (Å²) in [5, 5.41) is 11.5. The molecule has 1 aromatic carbocycles. The molecule has 1 saturated carbocycles. The van der Waals surface area contributed by atoms with E-state index in [9.17, 15) is 14.4 Å². The Morgan fingerprint density at radius 1 is 1.12 bits per heavy atom. The number of carbonyl (C=O) groups is 3. The second-order valence-electron chi connectivity index (χ2n) is 7.25. The van der Waals surface area contributed by atoms with Crippen molar-refractivity contribution in [2.24, 2.45) is 0 Å². The van der Waals surface area contributed by atoms with Crippen LogP contribution in [0, 0.1) is 0 Å². The van der Waals surface area contributed by atoms with E-state index in [0.717, 1.165) is 31.6 Å². The van der Waals surface area contributed by atoms with Crippen molar-refractivity contribution < 1.29 is 19.5 Å². The van der Waals surface area contributed by atoms with Crippen LogP contribution in [0.4, 0.5) is 11.4 Å². The summed E-state index contributed by atoms with van der Waals surface area (Å²) in [6.07, 6.45) is 6.57. The maximum Gasteiger partial charge on any atom is 0.312 e. The highest BCUT2D eigenvalue weighted by Crippen LogP contribution is 2.39. The molecule has 2 fully saturated rings. The van der Waals surface area contributed by atoms with Crippen molar-refractivity contribution in [2.75, 3.05) is 23.3 Å². The molecule has 1 aliphatic carbocycles. The number of anilines is 2. The van der Waals surface area contributed by atoms with Gasteiger partial charge in [0.15, 0.2) is 0 Å². The Morgan fingerprint density at radius 3 is 2.46 bits per heavy atom. The molecule has 0 atom stereocenters. The summed E-state index contributed by atoms with van der Waals surface area (Å²) in [5.74, 6) is -0.876. The number of amides is 1. The van der Waals surface area contributed by atoms with Gasteiger partial charge in [-0.1, -0.05) is 19.3 Å². The van der Waals surface area contributed by atoms with Crippen molar-refractivity contribution in [3.05, 3.63) is 23.8 Å². The van der Waals surface area contributed by atoms with Crippen molar-refractivity contribution in [1.82, 2.24) is 0 Å².